The molecule has 0 aromatic heterocycles. The SMILES string of the molecule is C=C(CNC(=O)CS)NCC(=O)NCC(=O)C(ONCCCCCCN)c1ccc(C2=C(c3ccc(S(C)(=O)=O)cc3)COC2=O)cc1. The number of ether oxygens (including phenoxy) is 1. The average Bonchev–Trinajstić information content (AvgIpc) is 3.47. The third-order valence-corrected chi connectivity index (χ3v) is 8.73. The summed E-state index contributed by atoms with van der Waals surface area (Å²) in [5, 5.41) is 7.94. The Balaban J connectivity index is 1.72. The number of carbonyl (C=O) groups excluding carboxylic acids is 4. The highest BCUT2D eigenvalue weighted by atomic mass is 32.2. The number of esters is 1. The number of rotatable bonds is 21. The zero-order valence-corrected chi connectivity index (χ0v) is 28.6. The van der Waals surface area contributed by atoms with Gasteiger partial charge in [-0.3, -0.25) is 19.2 Å². The van der Waals surface area contributed by atoms with Gasteiger partial charge in [0, 0.05) is 24.1 Å². The number of hydroxylamine groups is 1. The van der Waals surface area contributed by atoms with Gasteiger partial charge in [-0.15, -0.1) is 0 Å². The second-order valence-electron chi connectivity index (χ2n) is 11.1. The van der Waals surface area contributed by atoms with Gasteiger partial charge in [-0.25, -0.2) is 18.7 Å². The third kappa shape index (κ3) is 11.9. The summed E-state index contributed by atoms with van der Waals surface area (Å²) in [5.74, 6) is -1.65. The van der Waals surface area contributed by atoms with Crippen LogP contribution in [0.25, 0.3) is 11.1 Å². The van der Waals surface area contributed by atoms with E-state index in [9.17, 15) is 27.6 Å². The van der Waals surface area contributed by atoms with Gasteiger partial charge in [-0.1, -0.05) is 55.8 Å². The predicted octanol–water partition coefficient (Wildman–Crippen LogP) is 1.47. The van der Waals surface area contributed by atoms with Gasteiger partial charge in [-0.2, -0.15) is 12.6 Å². The molecule has 1 aliphatic rings. The zero-order valence-electron chi connectivity index (χ0n) is 26.9. The Morgan fingerprint density at radius 3 is 2.21 bits per heavy atom. The predicted molar refractivity (Wildman–Crippen MR) is 185 cm³/mol. The number of hydrogen-bond donors (Lipinski definition) is 6. The smallest absolute Gasteiger partial charge is 0.339 e. The Bertz CT molecular complexity index is 1590. The lowest BCUT2D eigenvalue weighted by molar-refractivity contribution is -0.137. The van der Waals surface area contributed by atoms with Crippen LogP contribution in [0.1, 0.15) is 48.5 Å². The van der Waals surface area contributed by atoms with E-state index in [1.807, 2.05) is 0 Å². The number of ketones is 1. The molecule has 0 saturated heterocycles. The molecule has 0 aliphatic carbocycles. The van der Waals surface area contributed by atoms with Crippen molar-refractivity contribution in [3.8, 4) is 0 Å². The molecule has 2 aromatic rings. The van der Waals surface area contributed by atoms with E-state index >= 15 is 0 Å². The lowest BCUT2D eigenvalue weighted by Gasteiger charge is -2.18. The van der Waals surface area contributed by atoms with E-state index in [1.54, 1.807) is 36.4 Å². The maximum absolute atomic E-state index is 13.3. The highest BCUT2D eigenvalue weighted by molar-refractivity contribution is 7.90. The minimum atomic E-state index is -3.38. The number of nitrogens with two attached hydrogens (primary N) is 1. The van der Waals surface area contributed by atoms with Crippen molar-refractivity contribution >= 4 is 57.2 Å². The summed E-state index contributed by atoms with van der Waals surface area (Å²) < 4.78 is 29.1. The lowest BCUT2D eigenvalue weighted by atomic mass is 9.95. The summed E-state index contributed by atoms with van der Waals surface area (Å²) in [7, 11) is -3.38. The van der Waals surface area contributed by atoms with Crippen LogP contribution in [0.4, 0.5) is 0 Å². The number of Topliss-reactive ketones (excluding diaryl/α,β-unsaturated/α-hetero) is 1. The van der Waals surface area contributed by atoms with Gasteiger partial charge in [0.05, 0.1) is 35.9 Å². The van der Waals surface area contributed by atoms with E-state index in [4.69, 9.17) is 15.3 Å². The molecule has 3 rings (SSSR count). The van der Waals surface area contributed by atoms with E-state index in [1.165, 1.54) is 12.1 Å². The van der Waals surface area contributed by atoms with Gasteiger partial charge in [0.25, 0.3) is 0 Å². The van der Waals surface area contributed by atoms with Gasteiger partial charge in [0.2, 0.25) is 11.8 Å². The fourth-order valence-corrected chi connectivity index (χ4v) is 5.42. The minimum absolute atomic E-state index is 0.0275. The second-order valence-corrected chi connectivity index (χ2v) is 13.4. The minimum Gasteiger partial charge on any atom is -0.457 e. The second kappa shape index (κ2) is 19.1. The molecule has 1 atom stereocenters. The van der Waals surface area contributed by atoms with Crippen molar-refractivity contribution in [1.82, 2.24) is 21.4 Å². The van der Waals surface area contributed by atoms with Crippen molar-refractivity contribution in [3.63, 3.8) is 0 Å². The molecule has 6 N–H and O–H groups in total. The van der Waals surface area contributed by atoms with Crippen molar-refractivity contribution in [2.24, 2.45) is 5.73 Å². The van der Waals surface area contributed by atoms with Crippen LogP contribution in [-0.4, -0.2) is 83.3 Å². The normalized spacial score (nSPS) is 13.5. The van der Waals surface area contributed by atoms with Crippen LogP contribution in [0.3, 0.4) is 0 Å². The fraction of sp³-hybridized carbons (Fsp3) is 0.394. The molecule has 1 heterocycles. The number of unbranched alkanes of at least 4 members (excludes halogenated alkanes) is 3. The maximum Gasteiger partial charge on any atom is 0.339 e. The molecule has 0 saturated carbocycles. The molecule has 0 radical (unpaired) electrons. The standard InChI is InChI=1S/C33H43N5O8S2/c1-22(17-36-30(41)21-47)35-19-29(40)37-18-28(39)32(46-38-16-6-4-3-5-15-34)25-9-7-24(8-10-25)31-27(20-45-33(31)42)23-11-13-26(14-12-23)48(2,43)44/h7-14,32,35,38,47H,1,3-6,15-21,34H2,2H3,(H,36,41)(H,37,40). The number of nitrogens with one attached hydrogen (secondary N) is 4. The van der Waals surface area contributed by atoms with Crippen LogP contribution < -0.4 is 27.2 Å². The molecule has 1 aliphatic heterocycles. The Labute approximate surface area is 286 Å². The first-order chi connectivity index (χ1) is 22.9. The van der Waals surface area contributed by atoms with Crippen molar-refractivity contribution in [3.05, 3.63) is 77.5 Å². The van der Waals surface area contributed by atoms with E-state index < -0.39 is 33.6 Å². The molecular formula is C33H43N5O8S2. The summed E-state index contributed by atoms with van der Waals surface area (Å²) >= 11 is 3.88. The van der Waals surface area contributed by atoms with Crippen LogP contribution in [0.15, 0.2) is 65.7 Å². The monoisotopic (exact) mass is 701 g/mol. The van der Waals surface area contributed by atoms with E-state index in [-0.39, 0.29) is 42.8 Å². The van der Waals surface area contributed by atoms with Crippen molar-refractivity contribution < 1.29 is 37.2 Å². The average molecular weight is 702 g/mol. The fourth-order valence-electron chi connectivity index (χ4n) is 4.68. The number of thiol groups is 1. The molecule has 48 heavy (non-hydrogen) atoms. The molecule has 1 unspecified atom stereocenters. The first-order valence-electron chi connectivity index (χ1n) is 15.4. The third-order valence-electron chi connectivity index (χ3n) is 7.31. The van der Waals surface area contributed by atoms with E-state index in [0.717, 1.165) is 31.9 Å². The zero-order chi connectivity index (χ0) is 35.1. The van der Waals surface area contributed by atoms with Crippen LogP contribution >= 0.6 is 12.6 Å². The Morgan fingerprint density at radius 1 is 0.917 bits per heavy atom. The Kier molecular flexibility index (Phi) is 15.3. The number of benzene rings is 2. The number of carbonyl (C=O) groups is 4. The molecule has 0 bridgehead atoms. The van der Waals surface area contributed by atoms with Crippen LogP contribution in [0.2, 0.25) is 0 Å². The Hall–Kier alpha value is -4.02. The van der Waals surface area contributed by atoms with Crippen molar-refractivity contribution in [2.75, 3.05) is 51.3 Å². The number of hydrogen-bond acceptors (Lipinski definition) is 12. The molecule has 2 amide bonds. The van der Waals surface area contributed by atoms with Gasteiger partial charge < -0.3 is 26.4 Å². The molecule has 0 fully saturated rings. The molecule has 260 valence electrons. The molecule has 2 aromatic carbocycles. The molecule has 15 heteroatoms. The van der Waals surface area contributed by atoms with Gasteiger partial charge in [-0.05, 0) is 48.2 Å². The number of cyclic esters (lactones) is 1. The number of sulfone groups is 1. The highest BCUT2D eigenvalue weighted by Gasteiger charge is 2.28. The molecular weight excluding hydrogens is 659 g/mol. The van der Waals surface area contributed by atoms with Crippen molar-refractivity contribution in [2.45, 2.75) is 36.7 Å². The van der Waals surface area contributed by atoms with Crippen LogP contribution in [0, 0.1) is 0 Å². The Morgan fingerprint density at radius 2 is 1.56 bits per heavy atom. The van der Waals surface area contributed by atoms with Gasteiger partial charge >= 0.3 is 5.97 Å². The highest BCUT2D eigenvalue weighted by Crippen LogP contribution is 2.34. The van der Waals surface area contributed by atoms with Gasteiger partial charge in [0.1, 0.15) is 6.61 Å². The molecule has 13 nitrogen and oxygen atoms in total. The largest absolute Gasteiger partial charge is 0.457 e. The summed E-state index contributed by atoms with van der Waals surface area (Å²) in [6, 6.07) is 12.9. The summed E-state index contributed by atoms with van der Waals surface area (Å²) in [4.78, 5) is 55.8. The lowest BCUT2D eigenvalue weighted by Crippen LogP contribution is -2.40. The van der Waals surface area contributed by atoms with E-state index in [0.29, 0.717) is 46.6 Å². The van der Waals surface area contributed by atoms with Crippen LogP contribution in [-0.2, 0) is 38.6 Å². The summed E-state index contributed by atoms with van der Waals surface area (Å²) in [6.45, 7) is 4.55. The van der Waals surface area contributed by atoms with E-state index in [2.05, 4.69) is 40.6 Å². The first kappa shape index (κ1) is 38.4. The van der Waals surface area contributed by atoms with Crippen LogP contribution in [0.5, 0.6) is 0 Å². The summed E-state index contributed by atoms with van der Waals surface area (Å²) in [6.07, 6.45) is 3.71. The quantitative estimate of drug-likeness (QED) is 0.0478. The summed E-state index contributed by atoms with van der Waals surface area (Å²) in [5.41, 5.74) is 11.5. The van der Waals surface area contributed by atoms with Gasteiger partial charge in [0.15, 0.2) is 21.7 Å². The molecule has 0 spiro atoms. The number of amides is 2. The van der Waals surface area contributed by atoms with Crippen molar-refractivity contribution in [1.29, 1.82) is 0 Å². The maximum atomic E-state index is 13.3. The topological polar surface area (TPSA) is 195 Å². The first-order valence-corrected chi connectivity index (χ1v) is 17.9.